The molecule has 8 heteroatoms. The van der Waals surface area contributed by atoms with E-state index in [1.54, 1.807) is 10.4 Å². The number of aromatic nitrogens is 2. The first kappa shape index (κ1) is 16.6. The van der Waals surface area contributed by atoms with Gasteiger partial charge in [-0.3, -0.25) is 0 Å². The van der Waals surface area contributed by atoms with Gasteiger partial charge in [0.15, 0.2) is 0 Å². The smallest absolute Gasteiger partial charge is 0.252 e. The van der Waals surface area contributed by atoms with E-state index in [-0.39, 0.29) is 11.8 Å². The second-order valence-electron chi connectivity index (χ2n) is 6.18. The van der Waals surface area contributed by atoms with Crippen LogP contribution in [0.25, 0.3) is 0 Å². The number of piperidine rings is 1. The summed E-state index contributed by atoms with van der Waals surface area (Å²) in [5.74, 6) is 1.63. The first-order valence-corrected chi connectivity index (χ1v) is 10.0. The maximum atomic E-state index is 12.6. The molecule has 0 amide bonds. The molecule has 0 aliphatic carbocycles. The lowest BCUT2D eigenvalue weighted by Gasteiger charge is -2.29. The van der Waals surface area contributed by atoms with Gasteiger partial charge in [-0.25, -0.2) is 8.42 Å². The number of rotatable bonds is 4. The second kappa shape index (κ2) is 6.33. The second-order valence-corrected chi connectivity index (χ2v) is 9.63. The van der Waals surface area contributed by atoms with Crippen LogP contribution >= 0.6 is 11.3 Å². The fourth-order valence-electron chi connectivity index (χ4n) is 2.67. The zero-order valence-corrected chi connectivity index (χ0v) is 15.2. The predicted molar refractivity (Wildman–Crippen MR) is 88.2 cm³/mol. The van der Waals surface area contributed by atoms with E-state index in [2.05, 4.69) is 10.2 Å². The average molecular weight is 355 g/mol. The Bertz CT molecular complexity index is 771. The van der Waals surface area contributed by atoms with Gasteiger partial charge in [0.2, 0.25) is 11.8 Å². The fourth-order valence-corrected chi connectivity index (χ4v) is 5.57. The Labute approximate surface area is 140 Å². The summed E-state index contributed by atoms with van der Waals surface area (Å²) in [7, 11) is -3.37. The quantitative estimate of drug-likeness (QED) is 0.842. The van der Waals surface area contributed by atoms with Gasteiger partial charge in [-0.15, -0.1) is 21.5 Å². The molecule has 0 saturated carbocycles. The SMILES string of the molecule is Cc1ccc(S(=O)(=O)N2CCC(c3nnc(C(C)C)o3)CC2)s1. The van der Waals surface area contributed by atoms with Crippen molar-refractivity contribution >= 4 is 21.4 Å². The Hall–Kier alpha value is -1.25. The molecule has 0 bridgehead atoms. The maximum absolute atomic E-state index is 12.6. The van der Waals surface area contributed by atoms with Crippen molar-refractivity contribution in [1.29, 1.82) is 0 Å². The lowest BCUT2D eigenvalue weighted by Crippen LogP contribution is -2.37. The molecule has 0 aromatic carbocycles. The van der Waals surface area contributed by atoms with Crippen LogP contribution in [0.4, 0.5) is 0 Å². The highest BCUT2D eigenvalue weighted by molar-refractivity contribution is 7.91. The Balaban J connectivity index is 1.68. The molecular formula is C15H21N3O3S2. The van der Waals surface area contributed by atoms with Gasteiger partial charge in [-0.05, 0) is 31.9 Å². The van der Waals surface area contributed by atoms with Gasteiger partial charge in [0.25, 0.3) is 10.0 Å². The Kier molecular flexibility index (Phi) is 4.57. The Morgan fingerprint density at radius 3 is 2.48 bits per heavy atom. The van der Waals surface area contributed by atoms with Crippen molar-refractivity contribution in [1.82, 2.24) is 14.5 Å². The van der Waals surface area contributed by atoms with Crippen molar-refractivity contribution in [2.24, 2.45) is 0 Å². The summed E-state index contributed by atoms with van der Waals surface area (Å²) in [4.78, 5) is 1.01. The molecule has 2 aromatic rings. The van der Waals surface area contributed by atoms with Crippen molar-refractivity contribution < 1.29 is 12.8 Å². The largest absolute Gasteiger partial charge is 0.425 e. The Morgan fingerprint density at radius 1 is 1.26 bits per heavy atom. The molecule has 6 nitrogen and oxygen atoms in total. The van der Waals surface area contributed by atoms with Crippen molar-refractivity contribution in [3.63, 3.8) is 0 Å². The molecule has 1 aliphatic rings. The van der Waals surface area contributed by atoms with E-state index in [9.17, 15) is 8.42 Å². The van der Waals surface area contributed by atoms with Crippen LogP contribution in [0.15, 0.2) is 20.8 Å². The van der Waals surface area contributed by atoms with E-state index in [0.29, 0.717) is 41.9 Å². The van der Waals surface area contributed by atoms with Gasteiger partial charge in [0.1, 0.15) is 4.21 Å². The van der Waals surface area contributed by atoms with E-state index in [1.165, 1.54) is 11.3 Å². The number of thiophene rings is 1. The minimum atomic E-state index is -3.37. The summed E-state index contributed by atoms with van der Waals surface area (Å²) in [5, 5.41) is 8.19. The molecule has 0 atom stereocenters. The molecule has 1 fully saturated rings. The monoisotopic (exact) mass is 355 g/mol. The lowest BCUT2D eigenvalue weighted by molar-refractivity contribution is 0.285. The van der Waals surface area contributed by atoms with Crippen molar-refractivity contribution in [3.05, 3.63) is 28.8 Å². The van der Waals surface area contributed by atoms with Crippen LogP contribution in [0, 0.1) is 6.92 Å². The van der Waals surface area contributed by atoms with Gasteiger partial charge in [0.05, 0.1) is 0 Å². The average Bonchev–Trinajstić information content (AvgIpc) is 3.16. The molecule has 2 aromatic heterocycles. The first-order valence-electron chi connectivity index (χ1n) is 7.78. The Morgan fingerprint density at radius 2 is 1.96 bits per heavy atom. The lowest BCUT2D eigenvalue weighted by atomic mass is 9.98. The topological polar surface area (TPSA) is 76.3 Å². The minimum Gasteiger partial charge on any atom is -0.425 e. The third-order valence-electron chi connectivity index (χ3n) is 4.06. The number of hydrogen-bond donors (Lipinski definition) is 0. The first-order chi connectivity index (χ1) is 10.9. The van der Waals surface area contributed by atoms with Gasteiger partial charge in [-0.2, -0.15) is 4.31 Å². The van der Waals surface area contributed by atoms with Crippen LogP contribution in [0.2, 0.25) is 0 Å². The summed E-state index contributed by atoms with van der Waals surface area (Å²) in [6, 6.07) is 3.53. The molecule has 23 heavy (non-hydrogen) atoms. The molecule has 3 rings (SSSR count). The molecule has 1 saturated heterocycles. The van der Waals surface area contributed by atoms with Crippen LogP contribution in [-0.2, 0) is 10.0 Å². The molecular weight excluding hydrogens is 334 g/mol. The zero-order valence-electron chi connectivity index (χ0n) is 13.5. The molecule has 0 N–H and O–H groups in total. The molecule has 0 unspecified atom stereocenters. The number of hydrogen-bond acceptors (Lipinski definition) is 6. The maximum Gasteiger partial charge on any atom is 0.252 e. The van der Waals surface area contributed by atoms with Crippen LogP contribution < -0.4 is 0 Å². The highest BCUT2D eigenvalue weighted by Gasteiger charge is 2.32. The fraction of sp³-hybridized carbons (Fsp3) is 0.600. The predicted octanol–water partition coefficient (Wildman–Crippen LogP) is 3.13. The number of sulfonamides is 1. The third-order valence-corrected chi connectivity index (χ3v) is 7.43. The summed E-state index contributed by atoms with van der Waals surface area (Å²) >= 11 is 1.32. The molecule has 3 heterocycles. The standard InChI is InChI=1S/C15H21N3O3S2/c1-10(2)14-16-17-15(21-14)12-6-8-18(9-7-12)23(19,20)13-5-4-11(3)22-13/h4-5,10,12H,6-9H2,1-3H3. The van der Waals surface area contributed by atoms with E-state index < -0.39 is 10.0 Å². The number of nitrogens with zero attached hydrogens (tertiary/aromatic N) is 3. The molecule has 0 radical (unpaired) electrons. The van der Waals surface area contributed by atoms with Gasteiger partial charge >= 0.3 is 0 Å². The zero-order chi connectivity index (χ0) is 16.6. The summed E-state index contributed by atoms with van der Waals surface area (Å²) in [5.41, 5.74) is 0. The van der Waals surface area contributed by atoms with Crippen molar-refractivity contribution in [3.8, 4) is 0 Å². The van der Waals surface area contributed by atoms with Gasteiger partial charge in [0, 0.05) is 29.8 Å². The third kappa shape index (κ3) is 3.34. The van der Waals surface area contributed by atoms with Crippen molar-refractivity contribution in [2.75, 3.05) is 13.1 Å². The summed E-state index contributed by atoms with van der Waals surface area (Å²) in [6.07, 6.45) is 1.42. The summed E-state index contributed by atoms with van der Waals surface area (Å²) < 4.78 is 32.9. The van der Waals surface area contributed by atoms with Gasteiger partial charge in [-0.1, -0.05) is 13.8 Å². The van der Waals surface area contributed by atoms with Crippen LogP contribution in [-0.4, -0.2) is 36.0 Å². The van der Waals surface area contributed by atoms with Crippen LogP contribution in [0.1, 0.15) is 55.2 Å². The molecule has 1 aliphatic heterocycles. The van der Waals surface area contributed by atoms with E-state index in [1.807, 2.05) is 26.8 Å². The normalized spacial score (nSPS) is 17.9. The van der Waals surface area contributed by atoms with E-state index in [0.717, 1.165) is 4.88 Å². The minimum absolute atomic E-state index is 0.145. The van der Waals surface area contributed by atoms with Crippen LogP contribution in [0.3, 0.4) is 0 Å². The highest BCUT2D eigenvalue weighted by atomic mass is 32.2. The van der Waals surface area contributed by atoms with Crippen LogP contribution in [0.5, 0.6) is 0 Å². The number of aryl methyl sites for hydroxylation is 1. The van der Waals surface area contributed by atoms with Crippen molar-refractivity contribution in [2.45, 2.75) is 49.7 Å². The summed E-state index contributed by atoms with van der Waals surface area (Å²) in [6.45, 7) is 6.91. The highest BCUT2D eigenvalue weighted by Crippen LogP contribution is 2.32. The van der Waals surface area contributed by atoms with E-state index >= 15 is 0 Å². The molecule has 0 spiro atoms. The van der Waals surface area contributed by atoms with E-state index in [4.69, 9.17) is 4.42 Å². The van der Waals surface area contributed by atoms with Gasteiger partial charge < -0.3 is 4.42 Å². The molecule has 126 valence electrons.